The summed E-state index contributed by atoms with van der Waals surface area (Å²) in [7, 11) is 3.90. The van der Waals surface area contributed by atoms with Crippen LogP contribution in [0.15, 0.2) is 5.51 Å². The molecule has 0 spiro atoms. The van der Waals surface area contributed by atoms with Crippen LogP contribution in [0.4, 0.5) is 5.13 Å². The topological polar surface area (TPSA) is 87.2 Å². The van der Waals surface area contributed by atoms with E-state index in [2.05, 4.69) is 20.8 Å². The van der Waals surface area contributed by atoms with Crippen LogP contribution in [0.5, 0.6) is 0 Å². The first-order chi connectivity index (χ1) is 8.09. The molecule has 1 rings (SSSR count). The Kier molecular flexibility index (Phi) is 5.50. The molecule has 0 atom stereocenters. The van der Waals surface area contributed by atoms with Gasteiger partial charge in [0.05, 0.1) is 0 Å². The second kappa shape index (κ2) is 6.92. The van der Waals surface area contributed by atoms with E-state index >= 15 is 0 Å². The van der Waals surface area contributed by atoms with Crippen LogP contribution in [-0.2, 0) is 9.59 Å². The molecule has 2 amide bonds. The molecule has 0 aliphatic rings. The van der Waals surface area contributed by atoms with Crippen LogP contribution >= 0.6 is 11.3 Å². The molecule has 1 heterocycles. The third-order valence-corrected chi connectivity index (χ3v) is 2.46. The molecule has 7 nitrogen and oxygen atoms in total. The lowest BCUT2D eigenvalue weighted by molar-refractivity contribution is -0.136. The van der Waals surface area contributed by atoms with Crippen molar-refractivity contribution >= 4 is 28.3 Å². The van der Waals surface area contributed by atoms with E-state index in [0.717, 1.165) is 24.3 Å². The van der Waals surface area contributed by atoms with Gasteiger partial charge in [0, 0.05) is 6.54 Å². The number of hydrogen-bond donors (Lipinski definition) is 2. The zero-order chi connectivity index (χ0) is 12.7. The Morgan fingerprint density at radius 2 is 2.18 bits per heavy atom. The van der Waals surface area contributed by atoms with E-state index in [1.807, 2.05) is 19.0 Å². The summed E-state index contributed by atoms with van der Waals surface area (Å²) in [6, 6.07) is 0. The fourth-order valence-corrected chi connectivity index (χ4v) is 1.50. The first-order valence-corrected chi connectivity index (χ1v) is 5.97. The van der Waals surface area contributed by atoms with Crippen LogP contribution in [0.25, 0.3) is 0 Å². The van der Waals surface area contributed by atoms with Gasteiger partial charge in [0.25, 0.3) is 0 Å². The van der Waals surface area contributed by atoms with Crippen molar-refractivity contribution in [1.29, 1.82) is 0 Å². The van der Waals surface area contributed by atoms with Crippen molar-refractivity contribution in [2.24, 2.45) is 0 Å². The summed E-state index contributed by atoms with van der Waals surface area (Å²) < 4.78 is 0. The van der Waals surface area contributed by atoms with Gasteiger partial charge in [-0.05, 0) is 27.1 Å². The number of nitrogens with one attached hydrogen (secondary N) is 2. The maximum atomic E-state index is 11.3. The standard InChI is InChI=1S/C9H15N5O2S/c1-14(2)5-3-4-10-7(15)8(16)12-9-13-11-6-17-9/h6H,3-5H2,1-2H3,(H,10,15)(H,12,13,16). The molecule has 0 bridgehead atoms. The number of anilines is 1. The molecule has 8 heteroatoms. The van der Waals surface area contributed by atoms with Crippen molar-refractivity contribution in [2.75, 3.05) is 32.5 Å². The Bertz CT molecular complexity index is 365. The van der Waals surface area contributed by atoms with E-state index in [0.29, 0.717) is 11.7 Å². The van der Waals surface area contributed by atoms with Crippen molar-refractivity contribution < 1.29 is 9.59 Å². The number of rotatable bonds is 5. The molecule has 0 saturated carbocycles. The highest BCUT2D eigenvalue weighted by atomic mass is 32.1. The van der Waals surface area contributed by atoms with Crippen molar-refractivity contribution in [3.63, 3.8) is 0 Å². The summed E-state index contributed by atoms with van der Waals surface area (Å²) in [5.74, 6) is -1.37. The van der Waals surface area contributed by atoms with E-state index in [1.165, 1.54) is 5.51 Å². The lowest BCUT2D eigenvalue weighted by Crippen LogP contribution is -2.36. The predicted molar refractivity (Wildman–Crippen MR) is 64.7 cm³/mol. The van der Waals surface area contributed by atoms with E-state index < -0.39 is 11.8 Å². The largest absolute Gasteiger partial charge is 0.348 e. The first kappa shape index (κ1) is 13.5. The molecule has 0 unspecified atom stereocenters. The van der Waals surface area contributed by atoms with Crippen molar-refractivity contribution in [2.45, 2.75) is 6.42 Å². The molecule has 0 saturated heterocycles. The molecule has 0 radical (unpaired) electrons. The van der Waals surface area contributed by atoms with Gasteiger partial charge in [-0.25, -0.2) is 0 Å². The summed E-state index contributed by atoms with van der Waals surface area (Å²) in [5, 5.41) is 12.4. The summed E-state index contributed by atoms with van der Waals surface area (Å²) in [5.41, 5.74) is 1.48. The summed E-state index contributed by atoms with van der Waals surface area (Å²) >= 11 is 1.16. The van der Waals surface area contributed by atoms with Crippen LogP contribution in [0, 0.1) is 0 Å². The number of hydrogen-bond acceptors (Lipinski definition) is 6. The quantitative estimate of drug-likeness (QED) is 0.551. The zero-order valence-corrected chi connectivity index (χ0v) is 10.6. The molecule has 1 aromatic rings. The Morgan fingerprint density at radius 3 is 2.76 bits per heavy atom. The normalized spacial score (nSPS) is 10.3. The zero-order valence-electron chi connectivity index (χ0n) is 9.77. The number of aromatic nitrogens is 2. The molecule has 0 fully saturated rings. The Labute approximate surface area is 103 Å². The number of nitrogens with zero attached hydrogens (tertiary/aromatic N) is 3. The van der Waals surface area contributed by atoms with Gasteiger partial charge in [0.2, 0.25) is 5.13 Å². The SMILES string of the molecule is CN(C)CCCNC(=O)C(=O)Nc1nncs1. The van der Waals surface area contributed by atoms with Gasteiger partial charge >= 0.3 is 11.8 Å². The van der Waals surface area contributed by atoms with Gasteiger partial charge in [0.1, 0.15) is 5.51 Å². The monoisotopic (exact) mass is 257 g/mol. The minimum absolute atomic E-state index is 0.318. The van der Waals surface area contributed by atoms with E-state index in [1.54, 1.807) is 0 Å². The summed E-state index contributed by atoms with van der Waals surface area (Å²) in [6.45, 7) is 1.33. The van der Waals surface area contributed by atoms with Crippen LogP contribution in [0.3, 0.4) is 0 Å². The van der Waals surface area contributed by atoms with Crippen molar-refractivity contribution in [1.82, 2.24) is 20.4 Å². The second-order valence-electron chi connectivity index (χ2n) is 3.61. The van der Waals surface area contributed by atoms with Gasteiger partial charge in [-0.3, -0.25) is 14.9 Å². The van der Waals surface area contributed by atoms with E-state index in [-0.39, 0.29) is 0 Å². The summed E-state index contributed by atoms with van der Waals surface area (Å²) in [6.07, 6.45) is 0.796. The lowest BCUT2D eigenvalue weighted by Gasteiger charge is -2.09. The maximum absolute atomic E-state index is 11.3. The van der Waals surface area contributed by atoms with E-state index in [4.69, 9.17) is 0 Å². The molecule has 0 aliphatic heterocycles. The summed E-state index contributed by atoms with van der Waals surface area (Å²) in [4.78, 5) is 24.7. The second-order valence-corrected chi connectivity index (χ2v) is 4.44. The Hall–Kier alpha value is -1.54. The third kappa shape index (κ3) is 5.36. The lowest BCUT2D eigenvalue weighted by atomic mass is 10.4. The molecule has 0 aromatic carbocycles. The number of carbonyl (C=O) groups is 2. The number of amides is 2. The van der Waals surface area contributed by atoms with Gasteiger partial charge < -0.3 is 10.2 Å². The van der Waals surface area contributed by atoms with Crippen LogP contribution in [0.2, 0.25) is 0 Å². The van der Waals surface area contributed by atoms with Crippen molar-refractivity contribution in [3.05, 3.63) is 5.51 Å². The maximum Gasteiger partial charge on any atom is 0.315 e. The van der Waals surface area contributed by atoms with Gasteiger partial charge in [-0.2, -0.15) is 0 Å². The minimum atomic E-state index is -0.716. The molecule has 17 heavy (non-hydrogen) atoms. The predicted octanol–water partition coefficient (Wildman–Crippen LogP) is -0.456. The van der Waals surface area contributed by atoms with Crippen LogP contribution in [-0.4, -0.2) is 54.1 Å². The van der Waals surface area contributed by atoms with Gasteiger partial charge in [0.15, 0.2) is 0 Å². The van der Waals surface area contributed by atoms with Crippen LogP contribution in [0.1, 0.15) is 6.42 Å². The molecular formula is C9H15N5O2S. The fourth-order valence-electron chi connectivity index (χ4n) is 1.06. The molecule has 1 aromatic heterocycles. The highest BCUT2D eigenvalue weighted by Crippen LogP contribution is 2.06. The number of carbonyl (C=O) groups excluding carboxylic acids is 2. The minimum Gasteiger partial charge on any atom is -0.348 e. The molecule has 94 valence electrons. The van der Waals surface area contributed by atoms with Crippen molar-refractivity contribution in [3.8, 4) is 0 Å². The molecule has 2 N–H and O–H groups in total. The van der Waals surface area contributed by atoms with E-state index in [9.17, 15) is 9.59 Å². The molecule has 0 aliphatic carbocycles. The first-order valence-electron chi connectivity index (χ1n) is 5.09. The fraction of sp³-hybridized carbons (Fsp3) is 0.556. The highest BCUT2D eigenvalue weighted by Gasteiger charge is 2.14. The van der Waals surface area contributed by atoms with Gasteiger partial charge in [-0.15, -0.1) is 10.2 Å². The average Bonchev–Trinajstić information content (AvgIpc) is 2.76. The Balaban J connectivity index is 2.21. The molecular weight excluding hydrogens is 242 g/mol. The van der Waals surface area contributed by atoms with Crippen LogP contribution < -0.4 is 10.6 Å². The highest BCUT2D eigenvalue weighted by molar-refractivity contribution is 7.13. The smallest absolute Gasteiger partial charge is 0.315 e. The Morgan fingerprint density at radius 1 is 1.41 bits per heavy atom. The third-order valence-electron chi connectivity index (χ3n) is 1.85. The average molecular weight is 257 g/mol. The van der Waals surface area contributed by atoms with Gasteiger partial charge in [-0.1, -0.05) is 11.3 Å².